The van der Waals surface area contributed by atoms with Crippen molar-refractivity contribution in [3.8, 4) is 0 Å². The highest BCUT2D eigenvalue weighted by Gasteiger charge is 2.16. The maximum absolute atomic E-state index is 5.76. The number of hydrogen-bond acceptors (Lipinski definition) is 3. The molecule has 0 radical (unpaired) electrons. The zero-order chi connectivity index (χ0) is 14.0. The van der Waals surface area contributed by atoms with Gasteiger partial charge in [0, 0.05) is 19.3 Å². The first-order valence-electron chi connectivity index (χ1n) is 6.57. The van der Waals surface area contributed by atoms with E-state index in [4.69, 9.17) is 5.73 Å². The van der Waals surface area contributed by atoms with E-state index < -0.39 is 0 Å². The number of rotatable bonds is 5. The Labute approximate surface area is 121 Å². The Morgan fingerprint density at radius 2 is 2.11 bits per heavy atom. The maximum atomic E-state index is 5.76. The molecule has 0 aliphatic rings. The summed E-state index contributed by atoms with van der Waals surface area (Å²) in [5.74, 6) is 0.981. The average Bonchev–Trinajstić information content (AvgIpc) is 2.92. The standard InChI is InChI=1S/C13H20BrN5/c1-4-11-13(14)12(19(5-2)17-11)8-18-9(3)16-7-10(18)6-15/h7H,4-6,8,15H2,1-3H3. The third-order valence-corrected chi connectivity index (χ3v) is 4.26. The van der Waals surface area contributed by atoms with E-state index in [-0.39, 0.29) is 0 Å². The number of nitrogens with two attached hydrogens (primary N) is 1. The second-order valence-corrected chi connectivity index (χ2v) is 5.26. The third-order valence-electron chi connectivity index (χ3n) is 3.35. The summed E-state index contributed by atoms with van der Waals surface area (Å²) in [4.78, 5) is 4.33. The van der Waals surface area contributed by atoms with Crippen LogP contribution in [0.3, 0.4) is 0 Å². The number of halogens is 1. The Hall–Kier alpha value is -1.14. The molecule has 0 saturated heterocycles. The first-order chi connectivity index (χ1) is 9.12. The van der Waals surface area contributed by atoms with Gasteiger partial charge in [-0.05, 0) is 36.2 Å². The van der Waals surface area contributed by atoms with Gasteiger partial charge in [-0.15, -0.1) is 0 Å². The highest BCUT2D eigenvalue weighted by Crippen LogP contribution is 2.24. The van der Waals surface area contributed by atoms with Gasteiger partial charge in [-0.3, -0.25) is 4.68 Å². The van der Waals surface area contributed by atoms with Crippen molar-refractivity contribution in [2.75, 3.05) is 0 Å². The number of nitrogens with zero attached hydrogens (tertiary/aromatic N) is 4. The number of hydrogen-bond donors (Lipinski definition) is 1. The zero-order valence-corrected chi connectivity index (χ0v) is 13.2. The normalized spacial score (nSPS) is 11.2. The molecule has 0 aliphatic heterocycles. The van der Waals surface area contributed by atoms with Crippen LogP contribution in [0.15, 0.2) is 10.7 Å². The Morgan fingerprint density at radius 3 is 2.68 bits per heavy atom. The van der Waals surface area contributed by atoms with E-state index in [1.807, 2.05) is 17.8 Å². The highest BCUT2D eigenvalue weighted by atomic mass is 79.9. The van der Waals surface area contributed by atoms with Crippen LogP contribution in [-0.4, -0.2) is 19.3 Å². The summed E-state index contributed by atoms with van der Waals surface area (Å²) in [5, 5.41) is 4.62. The molecule has 0 bridgehead atoms. The lowest BCUT2D eigenvalue weighted by Crippen LogP contribution is -2.13. The minimum absolute atomic E-state index is 0.499. The smallest absolute Gasteiger partial charge is 0.106 e. The molecule has 0 aliphatic carbocycles. The van der Waals surface area contributed by atoms with Gasteiger partial charge in [0.25, 0.3) is 0 Å². The Bertz CT molecular complexity index is 570. The van der Waals surface area contributed by atoms with Crippen LogP contribution in [0.2, 0.25) is 0 Å². The molecule has 0 aromatic carbocycles. The van der Waals surface area contributed by atoms with E-state index in [0.29, 0.717) is 6.54 Å². The molecule has 0 atom stereocenters. The van der Waals surface area contributed by atoms with Crippen molar-refractivity contribution in [2.45, 2.75) is 46.8 Å². The fraction of sp³-hybridized carbons (Fsp3) is 0.538. The van der Waals surface area contributed by atoms with Crippen LogP contribution in [0.25, 0.3) is 0 Å². The first kappa shape index (κ1) is 14.3. The summed E-state index contributed by atoms with van der Waals surface area (Å²) < 4.78 is 5.30. The molecule has 2 heterocycles. The van der Waals surface area contributed by atoms with Crippen LogP contribution in [0.5, 0.6) is 0 Å². The monoisotopic (exact) mass is 325 g/mol. The minimum atomic E-state index is 0.499. The fourth-order valence-electron chi connectivity index (χ4n) is 2.21. The molecule has 2 aromatic rings. The van der Waals surface area contributed by atoms with Gasteiger partial charge in [0.2, 0.25) is 0 Å². The molecule has 0 fully saturated rings. The van der Waals surface area contributed by atoms with E-state index in [2.05, 4.69) is 44.4 Å². The summed E-state index contributed by atoms with van der Waals surface area (Å²) in [6.07, 6.45) is 2.77. The lowest BCUT2D eigenvalue weighted by atomic mass is 10.3. The molecule has 0 spiro atoms. The van der Waals surface area contributed by atoms with Gasteiger partial charge in [-0.25, -0.2) is 4.98 Å². The van der Waals surface area contributed by atoms with Crippen LogP contribution in [0.4, 0.5) is 0 Å². The predicted octanol–water partition coefficient (Wildman–Crippen LogP) is 2.24. The van der Waals surface area contributed by atoms with Gasteiger partial charge >= 0.3 is 0 Å². The molecular formula is C13H20BrN5. The topological polar surface area (TPSA) is 61.7 Å². The summed E-state index contributed by atoms with van der Waals surface area (Å²) >= 11 is 3.67. The minimum Gasteiger partial charge on any atom is -0.325 e. The third kappa shape index (κ3) is 2.60. The second kappa shape index (κ2) is 5.88. The largest absolute Gasteiger partial charge is 0.325 e. The van der Waals surface area contributed by atoms with Crippen molar-refractivity contribution < 1.29 is 0 Å². The van der Waals surface area contributed by atoms with Crippen LogP contribution in [0.1, 0.15) is 36.8 Å². The summed E-state index contributed by atoms with van der Waals surface area (Å²) in [6.45, 7) is 8.33. The summed E-state index contributed by atoms with van der Waals surface area (Å²) in [6, 6.07) is 0. The molecule has 19 heavy (non-hydrogen) atoms. The van der Waals surface area contributed by atoms with Gasteiger partial charge in [0.05, 0.1) is 28.1 Å². The van der Waals surface area contributed by atoms with Gasteiger partial charge in [0.1, 0.15) is 5.82 Å². The number of aromatic nitrogens is 4. The Kier molecular flexibility index (Phi) is 4.42. The first-order valence-corrected chi connectivity index (χ1v) is 7.36. The fourth-order valence-corrected chi connectivity index (χ4v) is 2.90. The number of imidazole rings is 1. The van der Waals surface area contributed by atoms with Gasteiger partial charge in [-0.2, -0.15) is 5.10 Å². The lowest BCUT2D eigenvalue weighted by Gasteiger charge is -2.11. The molecular weight excluding hydrogens is 306 g/mol. The highest BCUT2D eigenvalue weighted by molar-refractivity contribution is 9.10. The zero-order valence-electron chi connectivity index (χ0n) is 11.6. The molecule has 104 valence electrons. The predicted molar refractivity (Wildman–Crippen MR) is 78.9 cm³/mol. The van der Waals surface area contributed by atoms with Crippen molar-refractivity contribution in [3.63, 3.8) is 0 Å². The van der Waals surface area contributed by atoms with Gasteiger partial charge in [0.15, 0.2) is 0 Å². The van der Waals surface area contributed by atoms with E-state index >= 15 is 0 Å². The lowest BCUT2D eigenvalue weighted by molar-refractivity contribution is 0.582. The molecule has 0 amide bonds. The van der Waals surface area contributed by atoms with E-state index in [1.165, 1.54) is 5.69 Å². The van der Waals surface area contributed by atoms with Gasteiger partial charge in [-0.1, -0.05) is 6.92 Å². The van der Waals surface area contributed by atoms with Crippen molar-refractivity contribution in [1.29, 1.82) is 0 Å². The van der Waals surface area contributed by atoms with Crippen molar-refractivity contribution in [2.24, 2.45) is 5.73 Å². The van der Waals surface area contributed by atoms with E-state index in [1.54, 1.807) is 0 Å². The molecule has 6 heteroatoms. The van der Waals surface area contributed by atoms with Crippen LogP contribution >= 0.6 is 15.9 Å². The van der Waals surface area contributed by atoms with E-state index in [0.717, 1.165) is 41.2 Å². The number of aryl methyl sites for hydroxylation is 3. The van der Waals surface area contributed by atoms with Crippen LogP contribution < -0.4 is 5.73 Å². The average molecular weight is 326 g/mol. The maximum Gasteiger partial charge on any atom is 0.106 e. The van der Waals surface area contributed by atoms with Gasteiger partial charge < -0.3 is 10.3 Å². The molecule has 0 saturated carbocycles. The molecule has 2 rings (SSSR count). The van der Waals surface area contributed by atoms with Crippen molar-refractivity contribution >= 4 is 15.9 Å². The molecule has 2 N–H and O–H groups in total. The molecule has 2 aromatic heterocycles. The van der Waals surface area contributed by atoms with E-state index in [9.17, 15) is 0 Å². The van der Waals surface area contributed by atoms with Crippen LogP contribution in [0, 0.1) is 6.92 Å². The quantitative estimate of drug-likeness (QED) is 0.917. The Balaban J connectivity index is 2.42. The van der Waals surface area contributed by atoms with Crippen molar-refractivity contribution in [1.82, 2.24) is 19.3 Å². The van der Waals surface area contributed by atoms with Crippen LogP contribution in [-0.2, 0) is 26.1 Å². The molecule has 0 unspecified atom stereocenters. The second-order valence-electron chi connectivity index (χ2n) is 4.46. The summed E-state index contributed by atoms with van der Waals surface area (Å²) in [5.41, 5.74) is 9.09. The SMILES string of the molecule is CCc1nn(CC)c(Cn2c(CN)cnc2C)c1Br. The van der Waals surface area contributed by atoms with Crippen molar-refractivity contribution in [3.05, 3.63) is 33.6 Å². The Morgan fingerprint density at radius 1 is 1.37 bits per heavy atom. The molecule has 5 nitrogen and oxygen atoms in total. The summed E-state index contributed by atoms with van der Waals surface area (Å²) in [7, 11) is 0.